The number of hydrogen-bond acceptors (Lipinski definition) is 3. The zero-order valence-corrected chi connectivity index (χ0v) is 19.9. The molecular weight excluding hydrogens is 422 g/mol. The molecule has 1 amide bonds. The molecule has 178 valence electrons. The van der Waals surface area contributed by atoms with Crippen molar-refractivity contribution in [1.29, 1.82) is 5.41 Å². The summed E-state index contributed by atoms with van der Waals surface area (Å²) in [5.41, 5.74) is 7.73. The van der Waals surface area contributed by atoms with E-state index in [1.165, 1.54) is 32.1 Å². The third kappa shape index (κ3) is 5.57. The van der Waals surface area contributed by atoms with E-state index in [2.05, 4.69) is 23.5 Å². The molecule has 0 spiro atoms. The Morgan fingerprint density at radius 1 is 1.00 bits per heavy atom. The number of para-hydroxylation sites is 1. The van der Waals surface area contributed by atoms with Gasteiger partial charge in [-0.1, -0.05) is 79.9 Å². The quantitative estimate of drug-likeness (QED) is 0.256. The first-order chi connectivity index (χ1) is 16.5. The molecule has 0 heterocycles. The standard InChI is InChI=1S/C28H35N5O/c1-32(23-15-6-3-7-16-23)27(34)26(25-18-10-14-22-13-8-9-17-24(22)25)31-20-33(28(29)30)19-21-11-4-2-5-12-21/h3,6-10,13-18,21,26,31H,2,4-5,11-12,19-20H2,1H3,(H3,29,30). The van der Waals surface area contributed by atoms with Crippen LogP contribution in [0, 0.1) is 11.3 Å². The Balaban J connectivity index is 1.61. The highest BCUT2D eigenvalue weighted by molar-refractivity contribution is 6.00. The molecule has 3 aromatic carbocycles. The Bertz CT molecular complexity index is 1100. The van der Waals surface area contributed by atoms with Crippen molar-refractivity contribution < 1.29 is 4.79 Å². The number of hydrogen-bond donors (Lipinski definition) is 3. The van der Waals surface area contributed by atoms with Gasteiger partial charge in [0, 0.05) is 19.3 Å². The van der Waals surface area contributed by atoms with E-state index in [4.69, 9.17) is 11.1 Å². The number of carbonyl (C=O) groups is 1. The largest absolute Gasteiger partial charge is 0.370 e. The summed E-state index contributed by atoms with van der Waals surface area (Å²) in [7, 11) is 1.81. The molecule has 0 radical (unpaired) electrons. The van der Waals surface area contributed by atoms with Crippen molar-refractivity contribution in [1.82, 2.24) is 10.2 Å². The molecule has 1 unspecified atom stereocenters. The number of likely N-dealkylation sites (N-methyl/N-ethyl adjacent to an activating group) is 1. The second kappa shape index (κ2) is 11.2. The van der Waals surface area contributed by atoms with Gasteiger partial charge in [-0.05, 0) is 47.2 Å². The van der Waals surface area contributed by atoms with Crippen LogP contribution < -0.4 is 16.0 Å². The first kappa shape index (κ1) is 23.8. The average Bonchev–Trinajstić information content (AvgIpc) is 2.88. The number of fused-ring (bicyclic) bond motifs is 1. The Labute approximate surface area is 202 Å². The van der Waals surface area contributed by atoms with Crippen LogP contribution in [-0.2, 0) is 4.79 Å². The number of nitrogens with zero attached hydrogens (tertiary/aromatic N) is 2. The summed E-state index contributed by atoms with van der Waals surface area (Å²) in [4.78, 5) is 17.4. The summed E-state index contributed by atoms with van der Waals surface area (Å²) in [5.74, 6) is 0.528. The minimum absolute atomic E-state index is 0.0404. The van der Waals surface area contributed by atoms with Crippen molar-refractivity contribution in [2.45, 2.75) is 38.1 Å². The molecule has 0 aliphatic heterocycles. The Kier molecular flexibility index (Phi) is 7.80. The van der Waals surface area contributed by atoms with E-state index < -0.39 is 6.04 Å². The van der Waals surface area contributed by atoms with Gasteiger partial charge in [-0.15, -0.1) is 0 Å². The summed E-state index contributed by atoms with van der Waals surface area (Å²) >= 11 is 0. The van der Waals surface area contributed by atoms with Crippen molar-refractivity contribution in [2.24, 2.45) is 11.7 Å². The first-order valence-corrected chi connectivity index (χ1v) is 12.2. The van der Waals surface area contributed by atoms with Crippen LogP contribution in [0.3, 0.4) is 0 Å². The maximum Gasteiger partial charge on any atom is 0.248 e. The van der Waals surface area contributed by atoms with Crippen LogP contribution >= 0.6 is 0 Å². The molecule has 3 aromatic rings. The van der Waals surface area contributed by atoms with Gasteiger partial charge in [0.15, 0.2) is 5.96 Å². The molecule has 4 rings (SSSR count). The van der Waals surface area contributed by atoms with Gasteiger partial charge < -0.3 is 15.5 Å². The van der Waals surface area contributed by atoms with Crippen LogP contribution in [0.2, 0.25) is 0 Å². The maximum atomic E-state index is 13.8. The Morgan fingerprint density at radius 3 is 2.41 bits per heavy atom. The molecule has 0 aromatic heterocycles. The van der Waals surface area contributed by atoms with Gasteiger partial charge in [0.1, 0.15) is 6.04 Å². The van der Waals surface area contributed by atoms with Crippen molar-refractivity contribution in [3.63, 3.8) is 0 Å². The summed E-state index contributed by atoms with van der Waals surface area (Å²) in [6.45, 7) is 1.08. The predicted molar refractivity (Wildman–Crippen MR) is 140 cm³/mol. The lowest BCUT2D eigenvalue weighted by molar-refractivity contribution is -0.120. The lowest BCUT2D eigenvalue weighted by atomic mass is 9.89. The summed E-state index contributed by atoms with van der Waals surface area (Å²) < 4.78 is 0. The molecule has 1 aliphatic carbocycles. The highest BCUT2D eigenvalue weighted by Gasteiger charge is 2.27. The zero-order valence-electron chi connectivity index (χ0n) is 19.9. The van der Waals surface area contributed by atoms with E-state index in [-0.39, 0.29) is 11.9 Å². The Morgan fingerprint density at radius 2 is 1.68 bits per heavy atom. The molecule has 1 aliphatic rings. The second-order valence-electron chi connectivity index (χ2n) is 9.21. The van der Waals surface area contributed by atoms with Gasteiger partial charge in [-0.3, -0.25) is 15.5 Å². The predicted octanol–water partition coefficient (Wildman–Crippen LogP) is 4.87. The average molecular weight is 458 g/mol. The van der Waals surface area contributed by atoms with E-state index in [1.807, 2.05) is 66.5 Å². The highest BCUT2D eigenvalue weighted by atomic mass is 16.2. The van der Waals surface area contributed by atoms with Gasteiger partial charge in [0.05, 0.1) is 6.67 Å². The molecule has 34 heavy (non-hydrogen) atoms. The molecule has 1 saturated carbocycles. The van der Waals surface area contributed by atoms with E-state index in [9.17, 15) is 4.79 Å². The minimum atomic E-state index is -0.579. The van der Waals surface area contributed by atoms with Gasteiger partial charge in [0.25, 0.3) is 0 Å². The molecular formula is C28H35N5O. The third-order valence-electron chi connectivity index (χ3n) is 6.89. The minimum Gasteiger partial charge on any atom is -0.370 e. The number of benzene rings is 3. The topological polar surface area (TPSA) is 85.5 Å². The summed E-state index contributed by atoms with van der Waals surface area (Å²) in [5, 5.41) is 13.7. The fourth-order valence-corrected chi connectivity index (χ4v) is 4.94. The number of amides is 1. The molecule has 6 heteroatoms. The SMILES string of the molecule is CN(C(=O)C(NCN(CC1CCCCC1)C(=N)N)c1cccc2ccccc12)c1ccccc1. The van der Waals surface area contributed by atoms with Gasteiger partial charge in [-0.2, -0.15) is 0 Å². The number of nitrogens with two attached hydrogens (primary N) is 1. The summed E-state index contributed by atoms with van der Waals surface area (Å²) in [6, 6.07) is 23.3. The fraction of sp³-hybridized carbons (Fsp3) is 0.357. The normalized spacial score (nSPS) is 15.1. The smallest absolute Gasteiger partial charge is 0.248 e. The molecule has 4 N–H and O–H groups in total. The van der Waals surface area contributed by atoms with E-state index in [1.54, 1.807) is 4.90 Å². The van der Waals surface area contributed by atoms with Crippen LogP contribution in [0.15, 0.2) is 72.8 Å². The molecule has 6 nitrogen and oxygen atoms in total. The van der Waals surface area contributed by atoms with Crippen LogP contribution in [-0.4, -0.2) is 37.0 Å². The summed E-state index contributed by atoms with van der Waals surface area (Å²) in [6.07, 6.45) is 6.11. The van der Waals surface area contributed by atoms with Gasteiger partial charge >= 0.3 is 0 Å². The number of guanidine groups is 1. The fourth-order valence-electron chi connectivity index (χ4n) is 4.94. The lowest BCUT2D eigenvalue weighted by Crippen LogP contribution is -2.48. The van der Waals surface area contributed by atoms with Gasteiger partial charge in [-0.25, -0.2) is 0 Å². The van der Waals surface area contributed by atoms with Crippen molar-refractivity contribution in [2.75, 3.05) is 25.2 Å². The second-order valence-corrected chi connectivity index (χ2v) is 9.21. The van der Waals surface area contributed by atoms with Crippen LogP contribution in [0.4, 0.5) is 5.69 Å². The van der Waals surface area contributed by atoms with Crippen LogP contribution in [0.5, 0.6) is 0 Å². The van der Waals surface area contributed by atoms with E-state index in [0.29, 0.717) is 12.6 Å². The zero-order chi connectivity index (χ0) is 23.9. The maximum absolute atomic E-state index is 13.8. The number of anilines is 1. The van der Waals surface area contributed by atoms with E-state index >= 15 is 0 Å². The first-order valence-electron chi connectivity index (χ1n) is 12.2. The Hall–Kier alpha value is -3.38. The van der Waals surface area contributed by atoms with E-state index in [0.717, 1.165) is 28.6 Å². The lowest BCUT2D eigenvalue weighted by Gasteiger charge is -2.32. The van der Waals surface area contributed by atoms with Crippen molar-refractivity contribution >= 4 is 28.3 Å². The van der Waals surface area contributed by atoms with Crippen molar-refractivity contribution in [3.8, 4) is 0 Å². The third-order valence-corrected chi connectivity index (χ3v) is 6.89. The number of nitrogens with one attached hydrogen (secondary N) is 2. The molecule has 0 bridgehead atoms. The van der Waals surface area contributed by atoms with Gasteiger partial charge in [0.2, 0.25) is 5.91 Å². The molecule has 1 fully saturated rings. The highest BCUT2D eigenvalue weighted by Crippen LogP contribution is 2.28. The van der Waals surface area contributed by atoms with Crippen LogP contribution in [0.1, 0.15) is 43.7 Å². The monoisotopic (exact) mass is 457 g/mol. The number of rotatable bonds is 8. The van der Waals surface area contributed by atoms with Crippen LogP contribution in [0.25, 0.3) is 10.8 Å². The number of carbonyl (C=O) groups excluding carboxylic acids is 1. The molecule has 0 saturated heterocycles. The molecule has 1 atom stereocenters. The van der Waals surface area contributed by atoms with Crippen molar-refractivity contribution in [3.05, 3.63) is 78.4 Å².